The minimum atomic E-state index is -0.597. The summed E-state index contributed by atoms with van der Waals surface area (Å²) in [6.45, 7) is -0.167. The lowest BCUT2D eigenvalue weighted by Gasteiger charge is -2.10. The van der Waals surface area contributed by atoms with Crippen molar-refractivity contribution in [3.05, 3.63) is 80.7 Å². The summed E-state index contributed by atoms with van der Waals surface area (Å²) in [7, 11) is 2.99. The lowest BCUT2D eigenvalue weighted by Crippen LogP contribution is -2.13. The van der Waals surface area contributed by atoms with Crippen molar-refractivity contribution >= 4 is 45.2 Å². The second-order valence-corrected chi connectivity index (χ2v) is 8.15. The number of H-pyrrole nitrogens is 1. The van der Waals surface area contributed by atoms with Gasteiger partial charge in [-0.15, -0.1) is 11.3 Å². The summed E-state index contributed by atoms with van der Waals surface area (Å²) in [4.78, 5) is 32.6. The van der Waals surface area contributed by atoms with Crippen LogP contribution in [-0.2, 0) is 16.1 Å². The van der Waals surface area contributed by atoms with Crippen LogP contribution >= 0.6 is 22.9 Å². The first kappa shape index (κ1) is 22.6. The number of aromatic nitrogens is 2. The fourth-order valence-corrected chi connectivity index (χ4v) is 4.54. The smallest absolute Gasteiger partial charge is 0.331 e. The number of hydrogen-bond donors (Lipinski definition) is 1. The molecule has 168 valence electrons. The Kier molecular flexibility index (Phi) is 6.76. The molecule has 2 aromatic carbocycles. The van der Waals surface area contributed by atoms with Crippen LogP contribution in [0.1, 0.15) is 11.4 Å². The first-order chi connectivity index (χ1) is 16.0. The number of rotatable bonds is 7. The van der Waals surface area contributed by atoms with Crippen LogP contribution in [0.15, 0.2) is 58.7 Å². The number of aromatic amines is 1. The zero-order valence-electron chi connectivity index (χ0n) is 17.8. The third-order valence-electron chi connectivity index (χ3n) is 4.80. The molecule has 0 aliphatic carbocycles. The van der Waals surface area contributed by atoms with E-state index in [1.807, 2.05) is 35.7 Å². The van der Waals surface area contributed by atoms with Gasteiger partial charge >= 0.3 is 5.97 Å². The number of thiophene rings is 1. The number of carbonyl (C=O) groups is 1. The van der Waals surface area contributed by atoms with Crippen molar-refractivity contribution in [2.45, 2.75) is 6.61 Å². The van der Waals surface area contributed by atoms with Gasteiger partial charge < -0.3 is 19.2 Å². The first-order valence-corrected chi connectivity index (χ1v) is 11.1. The Morgan fingerprint density at radius 2 is 1.97 bits per heavy atom. The van der Waals surface area contributed by atoms with Gasteiger partial charge in [0.25, 0.3) is 5.56 Å². The van der Waals surface area contributed by atoms with E-state index in [0.717, 1.165) is 11.1 Å². The lowest BCUT2D eigenvalue weighted by atomic mass is 10.1. The molecule has 0 unspecified atom stereocenters. The Labute approximate surface area is 198 Å². The number of halogens is 1. The van der Waals surface area contributed by atoms with E-state index in [1.54, 1.807) is 18.2 Å². The van der Waals surface area contributed by atoms with Crippen molar-refractivity contribution in [3.63, 3.8) is 0 Å². The van der Waals surface area contributed by atoms with E-state index in [0.29, 0.717) is 32.3 Å². The second-order valence-electron chi connectivity index (χ2n) is 6.89. The first-order valence-electron chi connectivity index (χ1n) is 9.82. The van der Waals surface area contributed by atoms with E-state index < -0.39 is 5.97 Å². The molecule has 0 saturated heterocycles. The maximum absolute atomic E-state index is 12.7. The summed E-state index contributed by atoms with van der Waals surface area (Å²) in [6.07, 6.45) is 2.80. The number of carbonyl (C=O) groups excluding carboxylic acids is 1. The van der Waals surface area contributed by atoms with Gasteiger partial charge in [0, 0.05) is 17.0 Å². The van der Waals surface area contributed by atoms with Gasteiger partial charge in [-0.05, 0) is 29.3 Å². The number of esters is 1. The average Bonchev–Trinajstić information content (AvgIpc) is 3.26. The van der Waals surface area contributed by atoms with Crippen LogP contribution in [0.3, 0.4) is 0 Å². The van der Waals surface area contributed by atoms with Gasteiger partial charge in [0.1, 0.15) is 17.3 Å². The molecule has 33 heavy (non-hydrogen) atoms. The molecule has 0 aliphatic rings. The second kappa shape index (κ2) is 9.89. The third kappa shape index (κ3) is 4.92. The molecule has 0 atom stereocenters. The molecule has 4 aromatic rings. The van der Waals surface area contributed by atoms with Crippen LogP contribution in [0, 0.1) is 0 Å². The number of nitrogens with zero attached hydrogens (tertiary/aromatic N) is 1. The van der Waals surface area contributed by atoms with Crippen LogP contribution < -0.4 is 15.0 Å². The summed E-state index contributed by atoms with van der Waals surface area (Å²) in [6, 6.07) is 12.9. The van der Waals surface area contributed by atoms with Gasteiger partial charge in [-0.1, -0.05) is 41.9 Å². The van der Waals surface area contributed by atoms with Gasteiger partial charge in [-0.3, -0.25) is 4.79 Å². The maximum Gasteiger partial charge on any atom is 0.331 e. The standard InChI is InChI=1S/C24H19ClN2O5S/c1-30-18-11-14(10-17(25)22(18)31-2)8-9-20(28)32-12-19-26-23(29)21-16(13-33-24(21)27-19)15-6-4-3-5-7-15/h3-11,13H,12H2,1-2H3,(H,26,27,29). The van der Waals surface area contributed by atoms with Crippen molar-refractivity contribution in [1.82, 2.24) is 9.97 Å². The zero-order chi connectivity index (χ0) is 23.4. The van der Waals surface area contributed by atoms with E-state index in [2.05, 4.69) is 9.97 Å². The fourth-order valence-electron chi connectivity index (χ4n) is 3.28. The van der Waals surface area contributed by atoms with Crippen molar-refractivity contribution in [1.29, 1.82) is 0 Å². The molecular weight excluding hydrogens is 464 g/mol. The van der Waals surface area contributed by atoms with Gasteiger partial charge in [-0.25, -0.2) is 9.78 Å². The normalized spacial score (nSPS) is 11.1. The minimum absolute atomic E-state index is 0.167. The number of ether oxygens (including phenoxy) is 3. The Balaban J connectivity index is 1.47. The third-order valence-corrected chi connectivity index (χ3v) is 5.95. The number of methoxy groups -OCH3 is 2. The Morgan fingerprint density at radius 1 is 1.18 bits per heavy atom. The SMILES string of the molecule is COc1cc(C=CC(=O)OCc2nc3scc(-c4ccccc4)c3c(=O)[nH]2)cc(Cl)c1OC. The van der Waals surface area contributed by atoms with E-state index >= 15 is 0 Å². The quantitative estimate of drug-likeness (QED) is 0.292. The van der Waals surface area contributed by atoms with Crippen LogP contribution in [-0.4, -0.2) is 30.2 Å². The summed E-state index contributed by atoms with van der Waals surface area (Å²) in [5.74, 6) is 0.525. The molecule has 0 fully saturated rings. The lowest BCUT2D eigenvalue weighted by molar-refractivity contribution is -0.139. The monoisotopic (exact) mass is 482 g/mol. The predicted octanol–water partition coefficient (Wildman–Crippen LogP) is 5.08. The molecule has 7 nitrogen and oxygen atoms in total. The Morgan fingerprint density at radius 3 is 2.70 bits per heavy atom. The highest BCUT2D eigenvalue weighted by molar-refractivity contribution is 7.17. The van der Waals surface area contributed by atoms with E-state index in [4.69, 9.17) is 25.8 Å². The molecule has 0 aliphatic heterocycles. The van der Waals surface area contributed by atoms with Crippen molar-refractivity contribution in [2.24, 2.45) is 0 Å². The van der Waals surface area contributed by atoms with Gasteiger partial charge in [-0.2, -0.15) is 0 Å². The molecule has 1 N–H and O–H groups in total. The van der Waals surface area contributed by atoms with Crippen LogP contribution in [0.25, 0.3) is 27.4 Å². The number of hydrogen-bond acceptors (Lipinski definition) is 7. The molecule has 0 saturated carbocycles. The van der Waals surface area contributed by atoms with Crippen molar-refractivity contribution < 1.29 is 19.0 Å². The number of nitrogens with one attached hydrogen (secondary N) is 1. The van der Waals surface area contributed by atoms with E-state index in [-0.39, 0.29) is 18.0 Å². The van der Waals surface area contributed by atoms with Gasteiger partial charge in [0.15, 0.2) is 11.5 Å². The van der Waals surface area contributed by atoms with E-state index in [1.165, 1.54) is 31.6 Å². The number of benzene rings is 2. The van der Waals surface area contributed by atoms with E-state index in [9.17, 15) is 9.59 Å². The zero-order valence-corrected chi connectivity index (χ0v) is 19.3. The molecule has 9 heteroatoms. The predicted molar refractivity (Wildman–Crippen MR) is 129 cm³/mol. The highest BCUT2D eigenvalue weighted by atomic mass is 35.5. The Hall–Kier alpha value is -3.62. The summed E-state index contributed by atoms with van der Waals surface area (Å²) in [5.41, 5.74) is 2.12. The topological polar surface area (TPSA) is 90.5 Å². The largest absolute Gasteiger partial charge is 0.493 e. The molecule has 0 bridgehead atoms. The molecule has 2 heterocycles. The van der Waals surface area contributed by atoms with Crippen LogP contribution in [0.4, 0.5) is 0 Å². The van der Waals surface area contributed by atoms with Gasteiger partial charge in [0.2, 0.25) is 0 Å². The molecule has 4 rings (SSSR count). The number of fused-ring (bicyclic) bond motifs is 1. The minimum Gasteiger partial charge on any atom is -0.493 e. The van der Waals surface area contributed by atoms with Crippen molar-refractivity contribution in [3.8, 4) is 22.6 Å². The maximum atomic E-state index is 12.7. The van der Waals surface area contributed by atoms with Crippen LogP contribution in [0.2, 0.25) is 5.02 Å². The fraction of sp³-hybridized carbons (Fsp3) is 0.125. The highest BCUT2D eigenvalue weighted by Crippen LogP contribution is 2.36. The molecule has 0 radical (unpaired) electrons. The summed E-state index contributed by atoms with van der Waals surface area (Å²) >= 11 is 7.54. The average molecular weight is 483 g/mol. The highest BCUT2D eigenvalue weighted by Gasteiger charge is 2.14. The molecule has 0 amide bonds. The summed E-state index contributed by atoms with van der Waals surface area (Å²) in [5, 5.41) is 2.77. The van der Waals surface area contributed by atoms with Crippen LogP contribution in [0.5, 0.6) is 11.5 Å². The summed E-state index contributed by atoms with van der Waals surface area (Å²) < 4.78 is 15.7. The molecular formula is C24H19ClN2O5S. The molecule has 0 spiro atoms. The van der Waals surface area contributed by atoms with Crippen molar-refractivity contribution in [2.75, 3.05) is 14.2 Å². The Bertz CT molecular complexity index is 1400. The van der Waals surface area contributed by atoms with Gasteiger partial charge in [0.05, 0.1) is 24.6 Å². The molecule has 2 aromatic heterocycles.